The van der Waals surface area contributed by atoms with E-state index in [1.54, 1.807) is 0 Å². The Morgan fingerprint density at radius 3 is 2.33 bits per heavy atom. The summed E-state index contributed by atoms with van der Waals surface area (Å²) in [5.74, 6) is 1.59. The normalized spacial score (nSPS) is 13.9. The van der Waals surface area contributed by atoms with Gasteiger partial charge in [-0.2, -0.15) is 0 Å². The molecule has 84 valence electrons. The molecule has 0 aliphatic carbocycles. The van der Waals surface area contributed by atoms with Gasteiger partial charge in [0.25, 0.3) is 0 Å². The maximum absolute atomic E-state index is 4.08. The zero-order valence-electron chi connectivity index (χ0n) is 10.3. The van der Waals surface area contributed by atoms with Crippen molar-refractivity contribution in [2.24, 2.45) is 11.8 Å². The summed E-state index contributed by atoms with van der Waals surface area (Å²) in [7, 11) is 0. The third kappa shape index (κ3) is 9.46. The standard InChI is InChI=1S/C13H23.ClH.Mg/c1-6-7-8-13(12(4)5)10-9-11(2)3;;/h6,11,13H,1-2,4,7-10H2,3,5H3;1H;/q;;+1/p-1. The van der Waals surface area contributed by atoms with Crippen molar-refractivity contribution >= 4 is 21.7 Å². The van der Waals surface area contributed by atoms with Crippen molar-refractivity contribution in [3.8, 4) is 0 Å². The van der Waals surface area contributed by atoms with Crippen LogP contribution in [0.1, 0.15) is 39.5 Å². The first-order valence-electron chi connectivity index (χ1n) is 5.67. The molecule has 2 heteroatoms. The Balaban J connectivity index is 0. The summed E-state index contributed by atoms with van der Waals surface area (Å²) >= 11 is 2.08. The predicted octanol–water partition coefficient (Wildman–Crippen LogP) is 1.15. The van der Waals surface area contributed by atoms with Crippen LogP contribution in [0.15, 0.2) is 24.8 Å². The number of hydrogen-bond acceptors (Lipinski definition) is 0. The van der Waals surface area contributed by atoms with E-state index in [0.29, 0.717) is 5.92 Å². The van der Waals surface area contributed by atoms with E-state index in [2.05, 4.69) is 48.7 Å². The average Bonchev–Trinajstić information content (AvgIpc) is 2.16. The van der Waals surface area contributed by atoms with E-state index >= 15 is 0 Å². The van der Waals surface area contributed by atoms with Gasteiger partial charge in [0.2, 0.25) is 0 Å². The molecule has 0 aliphatic rings. The first-order chi connectivity index (χ1) is 6.61. The molecule has 0 saturated carbocycles. The van der Waals surface area contributed by atoms with Crippen molar-refractivity contribution in [1.82, 2.24) is 0 Å². The van der Waals surface area contributed by atoms with Gasteiger partial charge in [-0.25, -0.2) is 0 Å². The van der Waals surface area contributed by atoms with Crippen molar-refractivity contribution in [2.45, 2.75) is 44.1 Å². The van der Waals surface area contributed by atoms with Crippen LogP contribution in [0.2, 0.25) is 4.55 Å². The van der Waals surface area contributed by atoms with E-state index in [0.717, 1.165) is 12.3 Å². The van der Waals surface area contributed by atoms with Gasteiger partial charge in [-0.15, -0.1) is 0 Å². The number of allylic oxidation sites excluding steroid dienone is 2. The monoisotopic (exact) mass is 238 g/mol. The maximum Gasteiger partial charge on any atom is -1.00 e. The Labute approximate surface area is 114 Å². The van der Waals surface area contributed by atoms with E-state index in [9.17, 15) is 0 Å². The summed E-state index contributed by atoms with van der Waals surface area (Å²) in [6, 6.07) is 0. The largest absolute Gasteiger partial charge is 1.00 e. The zero-order valence-corrected chi connectivity index (χ0v) is 12.4. The minimum atomic E-state index is 0. The second-order valence-corrected chi connectivity index (χ2v) is 4.96. The molecule has 2 unspecified atom stereocenters. The Kier molecular flexibility index (Phi) is 13.2. The van der Waals surface area contributed by atoms with E-state index < -0.39 is 0 Å². The molecule has 0 N–H and O–H groups in total. The third-order valence-electron chi connectivity index (χ3n) is 2.92. The average molecular weight is 239 g/mol. The molecule has 0 saturated heterocycles. The fourth-order valence-corrected chi connectivity index (χ4v) is 1.87. The summed E-state index contributed by atoms with van der Waals surface area (Å²) in [6.07, 6.45) is 7.03. The molecule has 15 heavy (non-hydrogen) atoms. The number of halogens is 1. The Morgan fingerprint density at radius 2 is 1.93 bits per heavy atom. The van der Waals surface area contributed by atoms with Gasteiger partial charge >= 0.3 is 102 Å². The third-order valence-corrected chi connectivity index (χ3v) is 3.90. The molecular formula is C13H23ClMg. The van der Waals surface area contributed by atoms with Crippen LogP contribution >= 0.6 is 0 Å². The quantitative estimate of drug-likeness (QED) is 0.440. The van der Waals surface area contributed by atoms with Crippen molar-refractivity contribution < 1.29 is 12.4 Å². The first kappa shape index (κ1) is 17.9. The van der Waals surface area contributed by atoms with Crippen LogP contribution < -0.4 is 12.4 Å². The van der Waals surface area contributed by atoms with Gasteiger partial charge in [-0.3, -0.25) is 0 Å². The SMILES string of the molecule is C=CCCC(CCC(C)[CH2][Mg+])C(=C)C.[Cl-]. The molecule has 0 nitrogen and oxygen atoms in total. The molecule has 0 rings (SSSR count). The van der Waals surface area contributed by atoms with Crippen molar-refractivity contribution in [3.63, 3.8) is 0 Å². The minimum Gasteiger partial charge on any atom is -1.00 e. The first-order valence-corrected chi connectivity index (χ1v) is 6.67. The van der Waals surface area contributed by atoms with E-state index in [1.165, 1.54) is 29.4 Å². The predicted molar refractivity (Wildman–Crippen MR) is 66.7 cm³/mol. The second kappa shape index (κ2) is 11.0. The summed E-state index contributed by atoms with van der Waals surface area (Å²) in [4.78, 5) is 0. The summed E-state index contributed by atoms with van der Waals surface area (Å²) < 4.78 is 1.32. The number of rotatable bonds is 8. The molecule has 0 aromatic heterocycles. The van der Waals surface area contributed by atoms with Gasteiger partial charge < -0.3 is 12.4 Å². The van der Waals surface area contributed by atoms with Crippen LogP contribution in [0.25, 0.3) is 0 Å². The van der Waals surface area contributed by atoms with Gasteiger partial charge in [-0.1, -0.05) is 0 Å². The Morgan fingerprint density at radius 1 is 1.33 bits per heavy atom. The van der Waals surface area contributed by atoms with Crippen LogP contribution in [0.3, 0.4) is 0 Å². The molecular weight excluding hydrogens is 216 g/mol. The smallest absolute Gasteiger partial charge is 1.00 e. The summed E-state index contributed by atoms with van der Waals surface area (Å²) in [6.45, 7) is 12.4. The van der Waals surface area contributed by atoms with Crippen LogP contribution in [-0.4, -0.2) is 21.7 Å². The summed E-state index contributed by atoms with van der Waals surface area (Å²) in [5, 5.41) is 0. The molecule has 0 amide bonds. The van der Waals surface area contributed by atoms with Gasteiger partial charge in [0, 0.05) is 0 Å². The molecule has 0 radical (unpaired) electrons. The van der Waals surface area contributed by atoms with E-state index in [4.69, 9.17) is 0 Å². The van der Waals surface area contributed by atoms with Crippen molar-refractivity contribution in [3.05, 3.63) is 24.8 Å². The molecule has 0 bridgehead atoms. The molecule has 0 spiro atoms. The van der Waals surface area contributed by atoms with Gasteiger partial charge in [0.05, 0.1) is 0 Å². The van der Waals surface area contributed by atoms with E-state index in [-0.39, 0.29) is 12.4 Å². The topological polar surface area (TPSA) is 0 Å². The van der Waals surface area contributed by atoms with Crippen LogP contribution in [0.4, 0.5) is 0 Å². The fraction of sp³-hybridized carbons (Fsp3) is 0.692. The maximum atomic E-state index is 4.08. The number of hydrogen-bond donors (Lipinski definition) is 0. The zero-order chi connectivity index (χ0) is 11.0. The molecule has 0 heterocycles. The Bertz CT molecular complexity index is 177. The van der Waals surface area contributed by atoms with Crippen molar-refractivity contribution in [2.75, 3.05) is 0 Å². The van der Waals surface area contributed by atoms with E-state index in [1.807, 2.05) is 6.08 Å². The fourth-order valence-electron chi connectivity index (χ4n) is 1.59. The van der Waals surface area contributed by atoms with Crippen LogP contribution in [-0.2, 0) is 0 Å². The Hall–Kier alpha value is 0.536. The molecule has 0 fully saturated rings. The van der Waals surface area contributed by atoms with Gasteiger partial charge in [0.1, 0.15) is 0 Å². The second-order valence-electron chi connectivity index (χ2n) is 4.38. The molecule has 0 aromatic carbocycles. The van der Waals surface area contributed by atoms with Gasteiger partial charge in [0.15, 0.2) is 0 Å². The van der Waals surface area contributed by atoms with Gasteiger partial charge in [-0.05, 0) is 0 Å². The van der Waals surface area contributed by atoms with Crippen LogP contribution in [0.5, 0.6) is 0 Å². The molecule has 0 aliphatic heterocycles. The molecule has 2 atom stereocenters. The minimum absolute atomic E-state index is 0. The molecule has 0 aromatic rings. The van der Waals surface area contributed by atoms with Crippen LogP contribution in [0, 0.1) is 11.8 Å². The van der Waals surface area contributed by atoms with Crippen molar-refractivity contribution in [1.29, 1.82) is 0 Å². The summed E-state index contributed by atoms with van der Waals surface area (Å²) in [5.41, 5.74) is 1.35.